The van der Waals surface area contributed by atoms with Gasteiger partial charge >= 0.3 is 0 Å². The predicted octanol–water partition coefficient (Wildman–Crippen LogP) is 0.268. The van der Waals surface area contributed by atoms with Crippen molar-refractivity contribution in [3.05, 3.63) is 41.7 Å². The first-order valence-corrected chi connectivity index (χ1v) is 11.3. The van der Waals surface area contributed by atoms with Gasteiger partial charge in [0.15, 0.2) is 9.84 Å². The van der Waals surface area contributed by atoms with Crippen molar-refractivity contribution < 1.29 is 21.9 Å². The lowest BCUT2D eigenvalue weighted by molar-refractivity contribution is 0.137. The quantitative estimate of drug-likeness (QED) is 0.790. The molecule has 0 amide bonds. The first-order valence-electron chi connectivity index (χ1n) is 8.03. The second kappa shape index (κ2) is 6.45. The average Bonchev–Trinajstić information content (AvgIpc) is 3.02. The highest BCUT2D eigenvalue weighted by atomic mass is 32.2. The molecular formula is C16H21N3O5S2. The number of para-hydroxylation sites is 1. The first-order chi connectivity index (χ1) is 12.0. The molecule has 1 aromatic carbocycles. The number of aliphatic hydroxyl groups excluding tert-OH is 1. The fourth-order valence-electron chi connectivity index (χ4n) is 3.30. The van der Waals surface area contributed by atoms with Crippen LogP contribution in [0.2, 0.25) is 0 Å². The van der Waals surface area contributed by atoms with Crippen LogP contribution in [0.15, 0.2) is 35.2 Å². The maximum Gasteiger partial charge on any atom is 0.246 e. The van der Waals surface area contributed by atoms with Gasteiger partial charge < -0.3 is 5.11 Å². The third kappa shape index (κ3) is 3.18. The van der Waals surface area contributed by atoms with Crippen LogP contribution < -0.4 is 0 Å². The summed E-state index contributed by atoms with van der Waals surface area (Å²) in [4.78, 5) is 0.0281. The molecule has 2 aromatic rings. The van der Waals surface area contributed by atoms with Crippen LogP contribution in [0.3, 0.4) is 0 Å². The van der Waals surface area contributed by atoms with E-state index >= 15 is 0 Å². The number of hydrogen-bond acceptors (Lipinski definition) is 6. The molecule has 2 heterocycles. The lowest BCUT2D eigenvalue weighted by Crippen LogP contribution is -2.44. The molecule has 3 rings (SSSR count). The second-order valence-electron chi connectivity index (χ2n) is 6.48. The van der Waals surface area contributed by atoms with Gasteiger partial charge in [-0.2, -0.15) is 9.40 Å². The van der Waals surface area contributed by atoms with E-state index in [1.54, 1.807) is 13.8 Å². The molecule has 1 aliphatic rings. The van der Waals surface area contributed by atoms with Gasteiger partial charge in [0, 0.05) is 7.05 Å². The Morgan fingerprint density at radius 3 is 2.35 bits per heavy atom. The van der Waals surface area contributed by atoms with Crippen molar-refractivity contribution in [2.45, 2.75) is 30.9 Å². The first kappa shape index (κ1) is 19.0. The van der Waals surface area contributed by atoms with Gasteiger partial charge in [-0.25, -0.2) is 21.5 Å². The zero-order valence-electron chi connectivity index (χ0n) is 14.7. The molecule has 26 heavy (non-hydrogen) atoms. The number of aromatic nitrogens is 2. The Morgan fingerprint density at radius 1 is 1.19 bits per heavy atom. The lowest BCUT2D eigenvalue weighted by Gasteiger charge is -2.25. The molecule has 2 atom stereocenters. The molecule has 0 radical (unpaired) electrons. The van der Waals surface area contributed by atoms with E-state index in [-0.39, 0.29) is 4.90 Å². The molecule has 0 aliphatic carbocycles. The van der Waals surface area contributed by atoms with E-state index in [9.17, 15) is 21.9 Å². The minimum atomic E-state index is -4.03. The van der Waals surface area contributed by atoms with Gasteiger partial charge in [0.2, 0.25) is 10.0 Å². The SMILES string of the molecule is Cc1nn(-c2ccccc2)c(C)c1S(=O)(=O)N(C)[C@@H]1CS(=O)(=O)C[C@H]1O. The largest absolute Gasteiger partial charge is 0.390 e. The topological polar surface area (TPSA) is 110 Å². The highest BCUT2D eigenvalue weighted by molar-refractivity contribution is 7.92. The molecule has 0 spiro atoms. The number of sulfone groups is 1. The van der Waals surface area contributed by atoms with Crippen LogP contribution in [0.1, 0.15) is 11.4 Å². The van der Waals surface area contributed by atoms with Gasteiger partial charge in [-0.15, -0.1) is 0 Å². The average molecular weight is 399 g/mol. The van der Waals surface area contributed by atoms with E-state index < -0.39 is 43.5 Å². The molecular weight excluding hydrogens is 378 g/mol. The number of aryl methyl sites for hydroxylation is 1. The van der Waals surface area contributed by atoms with Gasteiger partial charge in [-0.05, 0) is 26.0 Å². The van der Waals surface area contributed by atoms with Crippen molar-refractivity contribution in [1.29, 1.82) is 0 Å². The minimum absolute atomic E-state index is 0.0281. The normalized spacial score (nSPS) is 22.8. The fourth-order valence-corrected chi connectivity index (χ4v) is 6.97. The molecule has 10 heteroatoms. The van der Waals surface area contributed by atoms with E-state index in [0.717, 1.165) is 9.99 Å². The Kier molecular flexibility index (Phi) is 4.72. The maximum absolute atomic E-state index is 13.1. The van der Waals surface area contributed by atoms with Crippen molar-refractivity contribution in [2.75, 3.05) is 18.6 Å². The van der Waals surface area contributed by atoms with Gasteiger partial charge in [-0.3, -0.25) is 0 Å². The molecule has 0 bridgehead atoms. The summed E-state index contributed by atoms with van der Waals surface area (Å²) in [5.41, 5.74) is 1.46. The molecule has 1 aliphatic heterocycles. The third-order valence-electron chi connectivity index (χ3n) is 4.62. The van der Waals surface area contributed by atoms with Crippen LogP contribution in [0.5, 0.6) is 0 Å². The van der Waals surface area contributed by atoms with Crippen LogP contribution in [0, 0.1) is 13.8 Å². The number of aliphatic hydroxyl groups is 1. The summed E-state index contributed by atoms with van der Waals surface area (Å²) < 4.78 is 52.2. The third-order valence-corrected chi connectivity index (χ3v) is 8.46. The Hall–Kier alpha value is -1.75. The lowest BCUT2D eigenvalue weighted by atomic mass is 10.2. The summed E-state index contributed by atoms with van der Waals surface area (Å²) in [5.74, 6) is -0.826. The monoisotopic (exact) mass is 399 g/mol. The molecule has 1 N–H and O–H groups in total. The number of rotatable bonds is 4. The Balaban J connectivity index is 2.04. The number of sulfonamides is 1. The zero-order chi connectivity index (χ0) is 19.3. The van der Waals surface area contributed by atoms with Crippen molar-refractivity contribution in [3.8, 4) is 5.69 Å². The molecule has 142 valence electrons. The molecule has 1 saturated heterocycles. The van der Waals surface area contributed by atoms with Crippen molar-refractivity contribution >= 4 is 19.9 Å². The fraction of sp³-hybridized carbons (Fsp3) is 0.438. The molecule has 1 fully saturated rings. The van der Waals surface area contributed by atoms with Crippen LogP contribution in [-0.2, 0) is 19.9 Å². The van der Waals surface area contributed by atoms with Crippen molar-refractivity contribution in [2.24, 2.45) is 0 Å². The van der Waals surface area contributed by atoms with Crippen LogP contribution in [-0.4, -0.2) is 66.7 Å². The summed E-state index contributed by atoms with van der Waals surface area (Å²) in [6.45, 7) is 3.24. The van der Waals surface area contributed by atoms with E-state index in [2.05, 4.69) is 5.10 Å². The van der Waals surface area contributed by atoms with Gasteiger partial charge in [0.25, 0.3) is 0 Å². The van der Waals surface area contributed by atoms with E-state index in [0.29, 0.717) is 11.4 Å². The Labute approximate surface area is 153 Å². The highest BCUT2D eigenvalue weighted by Crippen LogP contribution is 2.28. The minimum Gasteiger partial charge on any atom is -0.390 e. The second-order valence-corrected chi connectivity index (χ2v) is 10.6. The van der Waals surface area contributed by atoms with Crippen LogP contribution in [0.25, 0.3) is 5.69 Å². The predicted molar refractivity (Wildman–Crippen MR) is 96.4 cm³/mol. The summed E-state index contributed by atoms with van der Waals surface area (Å²) in [7, 11) is -6.20. The van der Waals surface area contributed by atoms with Gasteiger partial charge in [-0.1, -0.05) is 18.2 Å². The van der Waals surface area contributed by atoms with Crippen LogP contribution in [0.4, 0.5) is 0 Å². The van der Waals surface area contributed by atoms with E-state index in [1.807, 2.05) is 30.3 Å². The number of nitrogens with zero attached hydrogens (tertiary/aromatic N) is 3. The van der Waals surface area contributed by atoms with Gasteiger partial charge in [0.1, 0.15) is 4.90 Å². The summed E-state index contributed by atoms with van der Waals surface area (Å²) >= 11 is 0. The van der Waals surface area contributed by atoms with Crippen molar-refractivity contribution in [3.63, 3.8) is 0 Å². The Morgan fingerprint density at radius 2 is 1.81 bits per heavy atom. The number of hydrogen-bond donors (Lipinski definition) is 1. The van der Waals surface area contributed by atoms with Crippen LogP contribution >= 0.6 is 0 Å². The summed E-state index contributed by atoms with van der Waals surface area (Å²) in [5, 5.41) is 14.4. The number of benzene rings is 1. The molecule has 0 saturated carbocycles. The molecule has 0 unspecified atom stereocenters. The smallest absolute Gasteiger partial charge is 0.246 e. The van der Waals surface area contributed by atoms with E-state index in [1.165, 1.54) is 11.7 Å². The highest BCUT2D eigenvalue weighted by Gasteiger charge is 2.44. The summed E-state index contributed by atoms with van der Waals surface area (Å²) in [6, 6.07) is 8.11. The van der Waals surface area contributed by atoms with Crippen molar-refractivity contribution in [1.82, 2.24) is 14.1 Å². The number of likely N-dealkylation sites (N-methyl/N-ethyl adjacent to an activating group) is 1. The summed E-state index contributed by atoms with van der Waals surface area (Å²) in [6.07, 6.45) is -1.25. The van der Waals surface area contributed by atoms with E-state index in [4.69, 9.17) is 0 Å². The standard InChI is InChI=1S/C16H21N3O5S2/c1-11-16(12(2)19(17-11)13-7-5-4-6-8-13)26(23,24)18(3)14-9-25(21,22)10-15(14)20/h4-8,14-15,20H,9-10H2,1-3H3/t14-,15-/m1/s1. The maximum atomic E-state index is 13.1. The van der Waals surface area contributed by atoms with Gasteiger partial charge in [0.05, 0.1) is 40.7 Å². The molecule has 8 nitrogen and oxygen atoms in total. The molecule has 1 aromatic heterocycles. The Bertz CT molecular complexity index is 1030. The zero-order valence-corrected chi connectivity index (χ0v) is 16.3.